The Morgan fingerprint density at radius 2 is 1.65 bits per heavy atom. The first kappa shape index (κ1) is 18.7. The lowest BCUT2D eigenvalue weighted by Crippen LogP contribution is -2.53. The normalized spacial score (nSPS) is 14.0. The number of aliphatic carboxylic acids is 1. The number of carboxylic acid groups (broad SMARTS) is 1. The highest BCUT2D eigenvalue weighted by Gasteiger charge is 2.32. The Hall–Kier alpha value is -1.30. The molecule has 0 aromatic heterocycles. The average Bonchev–Trinajstić information content (AvgIpc) is 2.19. The molecule has 3 N–H and O–H groups in total. The van der Waals surface area contributed by atoms with Crippen LogP contribution in [0.4, 0.5) is 4.79 Å². The molecule has 0 fully saturated rings. The standard InChI is InChI=1S/C14H29N3O3/c1-13(2,3)10(11(18)19)16-12(20)15-8-14(4,5)9-17(6)7/h10H,8-9H2,1-7H3,(H,18,19)(H2,15,16,20). The SMILES string of the molecule is CN(C)CC(C)(C)CNC(=O)NC(C(=O)O)C(C)(C)C. The molecule has 0 rings (SSSR count). The van der Waals surface area contributed by atoms with Gasteiger partial charge in [0.25, 0.3) is 0 Å². The third kappa shape index (κ3) is 7.33. The van der Waals surface area contributed by atoms with Gasteiger partial charge in [0.05, 0.1) is 0 Å². The number of amides is 2. The highest BCUT2D eigenvalue weighted by molar-refractivity contribution is 5.83. The van der Waals surface area contributed by atoms with Gasteiger partial charge in [-0.05, 0) is 24.9 Å². The van der Waals surface area contributed by atoms with Gasteiger partial charge in [0.1, 0.15) is 6.04 Å². The number of hydrogen-bond donors (Lipinski definition) is 3. The molecule has 0 saturated heterocycles. The summed E-state index contributed by atoms with van der Waals surface area (Å²) in [6.45, 7) is 10.7. The van der Waals surface area contributed by atoms with E-state index in [1.807, 2.05) is 27.9 Å². The smallest absolute Gasteiger partial charge is 0.326 e. The minimum atomic E-state index is -1.03. The lowest BCUT2D eigenvalue weighted by atomic mass is 9.87. The van der Waals surface area contributed by atoms with Crippen LogP contribution >= 0.6 is 0 Å². The maximum Gasteiger partial charge on any atom is 0.326 e. The van der Waals surface area contributed by atoms with Crippen molar-refractivity contribution in [2.24, 2.45) is 10.8 Å². The van der Waals surface area contributed by atoms with Gasteiger partial charge in [-0.15, -0.1) is 0 Å². The summed E-state index contributed by atoms with van der Waals surface area (Å²) in [5.41, 5.74) is -0.621. The van der Waals surface area contributed by atoms with Crippen molar-refractivity contribution in [3.8, 4) is 0 Å². The van der Waals surface area contributed by atoms with Gasteiger partial charge in [-0.2, -0.15) is 0 Å². The molecule has 0 heterocycles. The van der Waals surface area contributed by atoms with E-state index >= 15 is 0 Å². The van der Waals surface area contributed by atoms with Crippen LogP contribution < -0.4 is 10.6 Å². The fourth-order valence-electron chi connectivity index (χ4n) is 2.06. The second-order valence-corrected chi connectivity index (χ2v) is 7.37. The Morgan fingerprint density at radius 3 is 2.00 bits per heavy atom. The molecule has 0 aliphatic heterocycles. The van der Waals surface area contributed by atoms with Crippen molar-refractivity contribution in [1.29, 1.82) is 0 Å². The van der Waals surface area contributed by atoms with Crippen LogP contribution in [0.1, 0.15) is 34.6 Å². The summed E-state index contributed by atoms with van der Waals surface area (Å²) in [5, 5.41) is 14.4. The summed E-state index contributed by atoms with van der Waals surface area (Å²) >= 11 is 0. The van der Waals surface area contributed by atoms with Crippen LogP contribution in [-0.4, -0.2) is 55.2 Å². The molecule has 0 aromatic rings. The quantitative estimate of drug-likeness (QED) is 0.689. The second kappa shape index (κ2) is 6.92. The van der Waals surface area contributed by atoms with E-state index in [4.69, 9.17) is 5.11 Å². The van der Waals surface area contributed by atoms with Crippen LogP contribution in [0.2, 0.25) is 0 Å². The largest absolute Gasteiger partial charge is 0.480 e. The number of carbonyl (C=O) groups is 2. The van der Waals surface area contributed by atoms with Crippen LogP contribution in [-0.2, 0) is 4.79 Å². The Bertz CT molecular complexity index is 346. The van der Waals surface area contributed by atoms with E-state index in [0.717, 1.165) is 6.54 Å². The van der Waals surface area contributed by atoms with Crippen LogP contribution in [0.25, 0.3) is 0 Å². The van der Waals surface area contributed by atoms with E-state index in [0.29, 0.717) is 6.54 Å². The van der Waals surface area contributed by atoms with E-state index in [-0.39, 0.29) is 5.41 Å². The number of nitrogens with zero attached hydrogens (tertiary/aromatic N) is 1. The minimum Gasteiger partial charge on any atom is -0.480 e. The molecule has 1 unspecified atom stereocenters. The molecule has 0 saturated carbocycles. The molecular formula is C14H29N3O3. The van der Waals surface area contributed by atoms with E-state index in [9.17, 15) is 9.59 Å². The average molecular weight is 287 g/mol. The summed E-state index contributed by atoms with van der Waals surface area (Å²) in [7, 11) is 3.95. The predicted octanol–water partition coefficient (Wildman–Crippen LogP) is 1.37. The molecule has 6 nitrogen and oxygen atoms in total. The van der Waals surface area contributed by atoms with Gasteiger partial charge in [-0.3, -0.25) is 0 Å². The van der Waals surface area contributed by atoms with Gasteiger partial charge in [-0.1, -0.05) is 34.6 Å². The van der Waals surface area contributed by atoms with E-state index < -0.39 is 23.5 Å². The Balaban J connectivity index is 4.46. The fraction of sp³-hybridized carbons (Fsp3) is 0.857. The minimum absolute atomic E-state index is 0.0821. The number of carbonyl (C=O) groups excluding carboxylic acids is 1. The van der Waals surface area contributed by atoms with Crippen molar-refractivity contribution in [1.82, 2.24) is 15.5 Å². The summed E-state index contributed by atoms with van der Waals surface area (Å²) < 4.78 is 0. The van der Waals surface area contributed by atoms with E-state index in [1.54, 1.807) is 20.8 Å². The second-order valence-electron chi connectivity index (χ2n) is 7.37. The van der Waals surface area contributed by atoms with Gasteiger partial charge in [-0.25, -0.2) is 9.59 Å². The number of hydrogen-bond acceptors (Lipinski definition) is 3. The summed E-state index contributed by atoms with van der Waals surface area (Å²) in [6, 6.07) is -1.36. The number of nitrogens with one attached hydrogen (secondary N) is 2. The molecule has 6 heteroatoms. The number of rotatable bonds is 6. The maximum atomic E-state index is 11.8. The third-order valence-electron chi connectivity index (χ3n) is 2.86. The molecule has 0 radical (unpaired) electrons. The molecule has 20 heavy (non-hydrogen) atoms. The van der Waals surface area contributed by atoms with E-state index in [2.05, 4.69) is 15.5 Å². The zero-order chi connectivity index (χ0) is 16.1. The molecule has 118 valence electrons. The van der Waals surface area contributed by atoms with Crippen LogP contribution in [0.3, 0.4) is 0 Å². The van der Waals surface area contributed by atoms with Gasteiger partial charge in [0, 0.05) is 13.1 Å². The van der Waals surface area contributed by atoms with Gasteiger partial charge in [0.2, 0.25) is 0 Å². The van der Waals surface area contributed by atoms with Gasteiger partial charge < -0.3 is 20.6 Å². The van der Waals surface area contributed by atoms with E-state index in [1.165, 1.54) is 0 Å². The molecule has 0 bridgehead atoms. The van der Waals surface area contributed by atoms with Crippen molar-refractivity contribution >= 4 is 12.0 Å². The van der Waals surface area contributed by atoms with Crippen LogP contribution in [0.5, 0.6) is 0 Å². The Morgan fingerprint density at radius 1 is 1.15 bits per heavy atom. The first-order valence-electron chi connectivity index (χ1n) is 6.77. The van der Waals surface area contributed by atoms with Gasteiger partial charge in [0.15, 0.2) is 0 Å². The number of urea groups is 1. The lowest BCUT2D eigenvalue weighted by molar-refractivity contribution is -0.141. The zero-order valence-electron chi connectivity index (χ0n) is 13.7. The molecule has 1 atom stereocenters. The lowest BCUT2D eigenvalue weighted by Gasteiger charge is -2.30. The highest BCUT2D eigenvalue weighted by atomic mass is 16.4. The topological polar surface area (TPSA) is 81.7 Å². The fourth-order valence-corrected chi connectivity index (χ4v) is 2.06. The van der Waals surface area contributed by atoms with Gasteiger partial charge >= 0.3 is 12.0 Å². The molecule has 0 spiro atoms. The maximum absolute atomic E-state index is 11.8. The molecule has 0 aliphatic rings. The summed E-state index contributed by atoms with van der Waals surface area (Å²) in [6.07, 6.45) is 0. The van der Waals surface area contributed by atoms with Crippen LogP contribution in [0.15, 0.2) is 0 Å². The van der Waals surface area contributed by atoms with Crippen molar-refractivity contribution < 1.29 is 14.7 Å². The summed E-state index contributed by atoms with van der Waals surface area (Å²) in [5.74, 6) is -1.03. The first-order valence-corrected chi connectivity index (χ1v) is 6.77. The summed E-state index contributed by atoms with van der Waals surface area (Å²) in [4.78, 5) is 25.1. The van der Waals surface area contributed by atoms with Crippen LogP contribution in [0, 0.1) is 10.8 Å². The first-order chi connectivity index (χ1) is 8.85. The molecule has 0 aromatic carbocycles. The molecule has 0 aliphatic carbocycles. The molecular weight excluding hydrogens is 258 g/mol. The highest BCUT2D eigenvalue weighted by Crippen LogP contribution is 2.19. The number of carboxylic acids is 1. The monoisotopic (exact) mass is 287 g/mol. The zero-order valence-corrected chi connectivity index (χ0v) is 13.7. The molecule has 2 amide bonds. The van der Waals surface area contributed by atoms with Crippen molar-refractivity contribution in [3.05, 3.63) is 0 Å². The van der Waals surface area contributed by atoms with Crippen molar-refractivity contribution in [2.45, 2.75) is 40.7 Å². The van der Waals surface area contributed by atoms with Crippen molar-refractivity contribution in [2.75, 3.05) is 27.2 Å². The third-order valence-corrected chi connectivity index (χ3v) is 2.86. The Labute approximate surface area is 121 Å². The predicted molar refractivity (Wildman–Crippen MR) is 79.7 cm³/mol. The van der Waals surface area contributed by atoms with Crippen molar-refractivity contribution in [3.63, 3.8) is 0 Å². The Kier molecular flexibility index (Phi) is 6.47.